The molecule has 30 heavy (non-hydrogen) atoms. The zero-order valence-electron chi connectivity index (χ0n) is 15.9. The van der Waals surface area contributed by atoms with Crippen LogP contribution in [0.1, 0.15) is 24.2 Å². The Morgan fingerprint density at radius 2 is 1.50 bits per heavy atom. The first-order valence-corrected chi connectivity index (χ1v) is 9.05. The van der Waals surface area contributed by atoms with E-state index < -0.39 is 29.7 Å². The molecular weight excluding hydrogens is 395 g/mol. The van der Waals surface area contributed by atoms with Gasteiger partial charge in [-0.25, -0.2) is 0 Å². The number of halogens is 3. The van der Waals surface area contributed by atoms with Crippen LogP contribution in [0.3, 0.4) is 0 Å². The molecule has 1 amide bonds. The van der Waals surface area contributed by atoms with Crippen molar-refractivity contribution < 1.29 is 27.5 Å². The molecule has 3 aromatic rings. The molecule has 1 atom stereocenters. The third-order valence-electron chi connectivity index (χ3n) is 4.30. The fourth-order valence-electron chi connectivity index (χ4n) is 2.90. The first kappa shape index (κ1) is 21.1. The average molecular weight is 413 g/mol. The molecule has 0 aliphatic rings. The summed E-state index contributed by atoms with van der Waals surface area (Å²) in [6, 6.07) is 20.6. The summed E-state index contributed by atoms with van der Waals surface area (Å²) in [6.45, 7) is 1.16. The minimum absolute atomic E-state index is 0.0483. The Morgan fingerprint density at radius 3 is 2.10 bits per heavy atom. The van der Waals surface area contributed by atoms with Crippen LogP contribution >= 0.6 is 0 Å². The lowest BCUT2D eigenvalue weighted by Crippen LogP contribution is -2.25. The molecule has 4 nitrogen and oxygen atoms in total. The minimum atomic E-state index is -4.54. The lowest BCUT2D eigenvalue weighted by atomic mass is 10.0. The Hall–Kier alpha value is -3.61. The number of rotatable bonds is 5. The van der Waals surface area contributed by atoms with E-state index in [0.717, 1.165) is 30.2 Å². The summed E-state index contributed by atoms with van der Waals surface area (Å²) in [7, 11) is 0. The first-order chi connectivity index (χ1) is 14.2. The molecule has 0 aliphatic carbocycles. The van der Waals surface area contributed by atoms with E-state index in [1.54, 1.807) is 24.3 Å². The molecule has 0 heterocycles. The number of carbonyl (C=O) groups is 2. The highest BCUT2D eigenvalue weighted by atomic mass is 19.4. The van der Waals surface area contributed by atoms with E-state index in [-0.39, 0.29) is 5.69 Å². The molecule has 0 aliphatic heterocycles. The Kier molecular flexibility index (Phi) is 6.20. The van der Waals surface area contributed by atoms with Gasteiger partial charge < -0.3 is 10.1 Å². The number of benzene rings is 3. The molecular formula is C23H18F3NO3. The number of hydrogen-bond acceptors (Lipinski definition) is 3. The maximum atomic E-state index is 12.9. The average Bonchev–Trinajstić information content (AvgIpc) is 2.72. The van der Waals surface area contributed by atoms with Crippen molar-refractivity contribution in [2.24, 2.45) is 0 Å². The Bertz CT molecular complexity index is 1030. The second-order valence-electron chi connectivity index (χ2n) is 6.55. The van der Waals surface area contributed by atoms with Crippen molar-refractivity contribution in [3.05, 3.63) is 90.0 Å². The molecule has 0 bridgehead atoms. The fourth-order valence-corrected chi connectivity index (χ4v) is 2.90. The zero-order chi connectivity index (χ0) is 21.7. The van der Waals surface area contributed by atoms with E-state index in [0.29, 0.717) is 5.56 Å². The van der Waals surface area contributed by atoms with E-state index in [1.165, 1.54) is 12.1 Å². The van der Waals surface area contributed by atoms with Crippen LogP contribution < -0.4 is 5.32 Å². The highest BCUT2D eigenvalue weighted by Crippen LogP contribution is 2.31. The SMILES string of the molecule is CC(=O)OC(C(=O)Nc1cccc(C(F)(F)F)c1)c1ccc(-c2ccccc2)cc1. The van der Waals surface area contributed by atoms with Gasteiger partial charge in [0.1, 0.15) is 0 Å². The fraction of sp³-hybridized carbons (Fsp3) is 0.130. The maximum Gasteiger partial charge on any atom is 0.416 e. The molecule has 0 spiro atoms. The number of amides is 1. The normalized spacial score (nSPS) is 12.1. The van der Waals surface area contributed by atoms with Crippen LogP contribution in [0.15, 0.2) is 78.9 Å². The number of alkyl halides is 3. The van der Waals surface area contributed by atoms with E-state index in [9.17, 15) is 22.8 Å². The summed E-state index contributed by atoms with van der Waals surface area (Å²) >= 11 is 0. The van der Waals surface area contributed by atoms with Gasteiger partial charge in [0, 0.05) is 18.2 Å². The van der Waals surface area contributed by atoms with Crippen LogP contribution in [0.25, 0.3) is 11.1 Å². The predicted octanol–water partition coefficient (Wildman–Crippen LogP) is 5.62. The van der Waals surface area contributed by atoms with Crippen LogP contribution in [0.5, 0.6) is 0 Å². The number of esters is 1. The zero-order valence-corrected chi connectivity index (χ0v) is 15.9. The second-order valence-corrected chi connectivity index (χ2v) is 6.55. The molecule has 0 aromatic heterocycles. The summed E-state index contributed by atoms with van der Waals surface area (Å²) in [5.74, 6) is -1.44. The number of ether oxygens (including phenoxy) is 1. The van der Waals surface area contributed by atoms with E-state index >= 15 is 0 Å². The van der Waals surface area contributed by atoms with Gasteiger partial charge in [-0.2, -0.15) is 13.2 Å². The van der Waals surface area contributed by atoms with Gasteiger partial charge in [0.15, 0.2) is 0 Å². The van der Waals surface area contributed by atoms with Gasteiger partial charge in [0.05, 0.1) is 5.56 Å². The topological polar surface area (TPSA) is 55.4 Å². The third kappa shape index (κ3) is 5.26. The van der Waals surface area contributed by atoms with Gasteiger partial charge in [0.25, 0.3) is 5.91 Å². The quantitative estimate of drug-likeness (QED) is 0.553. The van der Waals surface area contributed by atoms with Crippen molar-refractivity contribution in [1.82, 2.24) is 0 Å². The van der Waals surface area contributed by atoms with Crippen LogP contribution in [0.4, 0.5) is 18.9 Å². The predicted molar refractivity (Wildman–Crippen MR) is 106 cm³/mol. The van der Waals surface area contributed by atoms with Crippen molar-refractivity contribution in [3.63, 3.8) is 0 Å². The van der Waals surface area contributed by atoms with E-state index in [4.69, 9.17) is 4.74 Å². The highest BCUT2D eigenvalue weighted by Gasteiger charge is 2.31. The van der Waals surface area contributed by atoms with Gasteiger partial charge in [-0.3, -0.25) is 9.59 Å². The van der Waals surface area contributed by atoms with E-state index in [2.05, 4.69) is 5.32 Å². The van der Waals surface area contributed by atoms with Crippen molar-refractivity contribution in [2.45, 2.75) is 19.2 Å². The molecule has 3 rings (SSSR count). The lowest BCUT2D eigenvalue weighted by Gasteiger charge is -2.18. The van der Waals surface area contributed by atoms with Gasteiger partial charge in [-0.15, -0.1) is 0 Å². The smallest absolute Gasteiger partial charge is 0.416 e. The van der Waals surface area contributed by atoms with Crippen LogP contribution in [-0.2, 0) is 20.5 Å². The molecule has 0 saturated heterocycles. The Morgan fingerprint density at radius 1 is 0.867 bits per heavy atom. The lowest BCUT2D eigenvalue weighted by molar-refractivity contribution is -0.152. The molecule has 0 fully saturated rings. The summed E-state index contributed by atoms with van der Waals surface area (Å²) in [5.41, 5.74) is 1.33. The number of carbonyl (C=O) groups excluding carboxylic acids is 2. The number of nitrogens with one attached hydrogen (secondary N) is 1. The molecule has 154 valence electrons. The van der Waals surface area contributed by atoms with Gasteiger partial charge in [-0.05, 0) is 29.3 Å². The van der Waals surface area contributed by atoms with Gasteiger partial charge in [-0.1, -0.05) is 60.7 Å². The Labute approximate surface area is 171 Å². The molecule has 0 radical (unpaired) electrons. The van der Waals surface area contributed by atoms with Gasteiger partial charge in [0.2, 0.25) is 6.10 Å². The summed E-state index contributed by atoms with van der Waals surface area (Å²) in [6.07, 6.45) is -5.84. The Balaban J connectivity index is 1.84. The molecule has 1 N–H and O–H groups in total. The first-order valence-electron chi connectivity index (χ1n) is 9.05. The highest BCUT2D eigenvalue weighted by molar-refractivity contribution is 5.96. The monoisotopic (exact) mass is 413 g/mol. The molecule has 7 heteroatoms. The summed E-state index contributed by atoms with van der Waals surface area (Å²) < 4.78 is 43.8. The largest absolute Gasteiger partial charge is 0.447 e. The van der Waals surface area contributed by atoms with Crippen molar-refractivity contribution >= 4 is 17.6 Å². The van der Waals surface area contributed by atoms with Crippen LogP contribution in [0, 0.1) is 0 Å². The van der Waals surface area contributed by atoms with Crippen molar-refractivity contribution in [2.75, 3.05) is 5.32 Å². The molecule has 3 aromatic carbocycles. The summed E-state index contributed by atoms with van der Waals surface area (Å²) in [4.78, 5) is 24.2. The van der Waals surface area contributed by atoms with Crippen LogP contribution in [0.2, 0.25) is 0 Å². The van der Waals surface area contributed by atoms with Crippen LogP contribution in [-0.4, -0.2) is 11.9 Å². The second kappa shape index (κ2) is 8.82. The summed E-state index contributed by atoms with van der Waals surface area (Å²) in [5, 5.41) is 2.39. The standard InChI is InChI=1S/C23H18F3NO3/c1-15(28)30-21(18-12-10-17(11-13-18)16-6-3-2-4-7-16)22(29)27-20-9-5-8-19(14-20)23(24,25)26/h2-14,21H,1H3,(H,27,29). The molecule has 0 saturated carbocycles. The van der Waals surface area contributed by atoms with E-state index in [1.807, 2.05) is 30.3 Å². The number of anilines is 1. The molecule has 1 unspecified atom stereocenters. The third-order valence-corrected chi connectivity index (χ3v) is 4.30. The number of hydrogen-bond donors (Lipinski definition) is 1. The minimum Gasteiger partial charge on any atom is -0.447 e. The van der Waals surface area contributed by atoms with Crippen molar-refractivity contribution in [3.8, 4) is 11.1 Å². The van der Waals surface area contributed by atoms with Gasteiger partial charge >= 0.3 is 12.1 Å². The van der Waals surface area contributed by atoms with Crippen molar-refractivity contribution in [1.29, 1.82) is 0 Å². The maximum absolute atomic E-state index is 12.9.